The second-order valence-corrected chi connectivity index (χ2v) is 13.0. The van der Waals surface area contributed by atoms with E-state index in [1.54, 1.807) is 0 Å². The highest BCUT2D eigenvalue weighted by atomic mass is 16.5. The highest BCUT2D eigenvalue weighted by Crippen LogP contribution is 2.41. The molecule has 0 N–H and O–H groups in total. The molecule has 0 aliphatic rings. The standard InChI is InChI=1S/C50H42O6/c1-5-32-51-44-20-8-38(9-21-44)35-54-47-26-14-41(15-27-47)50(4,42-16-28-48(29-17-42)55-36-39-10-22-45(23-11-39)52-33-6-2)43-18-30-49(31-19-43)56-37-40-12-24-46(25-13-40)53-34-7-3/h1-3,8-31H,32-37H2,4H3. The van der Waals surface area contributed by atoms with Gasteiger partial charge in [0, 0.05) is 5.41 Å². The summed E-state index contributed by atoms with van der Waals surface area (Å²) >= 11 is 0. The number of rotatable bonds is 18. The first-order chi connectivity index (χ1) is 27.5. The Hall–Kier alpha value is -7.20. The van der Waals surface area contributed by atoms with Crippen LogP contribution in [0.4, 0.5) is 0 Å². The summed E-state index contributed by atoms with van der Waals surface area (Å²) in [6.07, 6.45) is 15.9. The van der Waals surface area contributed by atoms with Gasteiger partial charge in [-0.05, 0) is 113 Å². The van der Waals surface area contributed by atoms with Gasteiger partial charge < -0.3 is 28.4 Å². The Balaban J connectivity index is 1.18. The van der Waals surface area contributed by atoms with E-state index in [0.717, 1.165) is 67.9 Å². The van der Waals surface area contributed by atoms with Crippen molar-refractivity contribution in [3.05, 3.63) is 179 Å². The van der Waals surface area contributed by atoms with Crippen molar-refractivity contribution in [3.8, 4) is 71.5 Å². The molecule has 0 fully saturated rings. The third kappa shape index (κ3) is 10.3. The molecule has 0 amide bonds. The molecule has 0 aliphatic carbocycles. The van der Waals surface area contributed by atoms with Crippen LogP contribution >= 0.6 is 0 Å². The molecule has 0 unspecified atom stereocenters. The van der Waals surface area contributed by atoms with Crippen molar-refractivity contribution in [3.63, 3.8) is 0 Å². The van der Waals surface area contributed by atoms with E-state index in [1.165, 1.54) is 0 Å². The summed E-state index contributed by atoms with van der Waals surface area (Å²) < 4.78 is 34.9. The number of ether oxygens (including phenoxy) is 6. The summed E-state index contributed by atoms with van der Waals surface area (Å²) in [4.78, 5) is 0. The van der Waals surface area contributed by atoms with Gasteiger partial charge in [-0.3, -0.25) is 0 Å². The Morgan fingerprint density at radius 3 is 0.786 bits per heavy atom. The van der Waals surface area contributed by atoms with Crippen LogP contribution in [-0.2, 0) is 25.2 Å². The fourth-order valence-electron chi connectivity index (χ4n) is 6.07. The molecule has 0 aliphatic heterocycles. The van der Waals surface area contributed by atoms with Gasteiger partial charge in [-0.15, -0.1) is 19.3 Å². The van der Waals surface area contributed by atoms with Crippen molar-refractivity contribution in [1.29, 1.82) is 0 Å². The molecule has 0 atom stereocenters. The quantitative estimate of drug-likeness (QED) is 0.0647. The third-order valence-electron chi connectivity index (χ3n) is 9.25. The lowest BCUT2D eigenvalue weighted by Gasteiger charge is -2.32. The van der Waals surface area contributed by atoms with Crippen molar-refractivity contribution >= 4 is 0 Å². The molecule has 6 heteroatoms. The minimum absolute atomic E-state index is 0.234. The van der Waals surface area contributed by atoms with Gasteiger partial charge in [-0.1, -0.05) is 90.6 Å². The van der Waals surface area contributed by atoms with E-state index in [0.29, 0.717) is 19.8 Å². The molecule has 0 heterocycles. The van der Waals surface area contributed by atoms with Crippen molar-refractivity contribution in [2.45, 2.75) is 32.2 Å². The molecule has 6 aromatic carbocycles. The average Bonchev–Trinajstić information content (AvgIpc) is 3.26. The minimum Gasteiger partial charge on any atom is -0.489 e. The number of terminal acetylenes is 3. The highest BCUT2D eigenvalue weighted by Gasteiger charge is 2.31. The molecule has 0 bridgehead atoms. The molecule has 6 aromatic rings. The summed E-state index contributed by atoms with van der Waals surface area (Å²) in [7, 11) is 0. The zero-order valence-corrected chi connectivity index (χ0v) is 31.3. The van der Waals surface area contributed by atoms with Gasteiger partial charge in [-0.25, -0.2) is 0 Å². The number of benzene rings is 6. The van der Waals surface area contributed by atoms with Gasteiger partial charge in [0.2, 0.25) is 0 Å². The van der Waals surface area contributed by atoms with Gasteiger partial charge in [0.15, 0.2) is 0 Å². The van der Waals surface area contributed by atoms with E-state index in [2.05, 4.69) is 61.1 Å². The zero-order valence-electron chi connectivity index (χ0n) is 31.3. The van der Waals surface area contributed by atoms with E-state index in [1.807, 2.05) is 109 Å². The second kappa shape index (κ2) is 19.2. The van der Waals surface area contributed by atoms with Crippen LogP contribution in [-0.4, -0.2) is 19.8 Å². The van der Waals surface area contributed by atoms with Crippen molar-refractivity contribution in [2.75, 3.05) is 19.8 Å². The summed E-state index contributed by atoms with van der Waals surface area (Å²) in [5.41, 5.74) is 5.84. The molecule has 0 saturated carbocycles. The maximum absolute atomic E-state index is 6.16. The normalized spacial score (nSPS) is 10.6. The lowest BCUT2D eigenvalue weighted by Crippen LogP contribution is -2.25. The van der Waals surface area contributed by atoms with Crippen molar-refractivity contribution in [1.82, 2.24) is 0 Å². The number of hydrogen-bond acceptors (Lipinski definition) is 6. The summed E-state index contributed by atoms with van der Waals surface area (Å²) in [5, 5.41) is 0. The van der Waals surface area contributed by atoms with Crippen LogP contribution in [0.1, 0.15) is 40.3 Å². The number of hydrogen-bond donors (Lipinski definition) is 0. The maximum atomic E-state index is 6.16. The lowest BCUT2D eigenvalue weighted by molar-refractivity contribution is 0.305. The lowest BCUT2D eigenvalue weighted by atomic mass is 9.71. The molecule has 0 radical (unpaired) electrons. The fourth-order valence-corrected chi connectivity index (χ4v) is 6.07. The summed E-state index contributed by atoms with van der Waals surface area (Å²) in [6.45, 7) is 4.19. The summed E-state index contributed by atoms with van der Waals surface area (Å²) in [5.74, 6) is 11.9. The van der Waals surface area contributed by atoms with Crippen LogP contribution in [0.3, 0.4) is 0 Å². The summed E-state index contributed by atoms with van der Waals surface area (Å²) in [6, 6.07) is 48.0. The highest BCUT2D eigenvalue weighted by molar-refractivity contribution is 5.52. The zero-order chi connectivity index (χ0) is 39.0. The first-order valence-electron chi connectivity index (χ1n) is 18.1. The van der Waals surface area contributed by atoms with Gasteiger partial charge in [-0.2, -0.15) is 0 Å². The van der Waals surface area contributed by atoms with Crippen molar-refractivity contribution < 1.29 is 28.4 Å². The predicted molar refractivity (Wildman–Crippen MR) is 220 cm³/mol. The van der Waals surface area contributed by atoms with Crippen LogP contribution in [0, 0.1) is 37.0 Å². The minimum atomic E-state index is -0.522. The van der Waals surface area contributed by atoms with E-state index in [9.17, 15) is 0 Å². The smallest absolute Gasteiger partial charge is 0.148 e. The topological polar surface area (TPSA) is 55.4 Å². The Labute approximate surface area is 330 Å². The van der Waals surface area contributed by atoms with Gasteiger partial charge in [0.05, 0.1) is 0 Å². The first kappa shape index (κ1) is 38.5. The van der Waals surface area contributed by atoms with Crippen molar-refractivity contribution in [2.24, 2.45) is 0 Å². The second-order valence-electron chi connectivity index (χ2n) is 13.0. The van der Waals surface area contributed by atoms with Crippen LogP contribution in [0.5, 0.6) is 34.5 Å². The van der Waals surface area contributed by atoms with Gasteiger partial charge >= 0.3 is 0 Å². The molecule has 6 rings (SSSR count). The molecule has 278 valence electrons. The van der Waals surface area contributed by atoms with E-state index in [-0.39, 0.29) is 19.8 Å². The van der Waals surface area contributed by atoms with E-state index < -0.39 is 5.41 Å². The van der Waals surface area contributed by atoms with Gasteiger partial charge in [0.25, 0.3) is 0 Å². The van der Waals surface area contributed by atoms with Crippen LogP contribution in [0.25, 0.3) is 0 Å². The Kier molecular flexibility index (Phi) is 13.2. The molecule has 56 heavy (non-hydrogen) atoms. The molecular formula is C50H42O6. The predicted octanol–water partition coefficient (Wildman–Crippen LogP) is 9.81. The maximum Gasteiger partial charge on any atom is 0.148 e. The largest absolute Gasteiger partial charge is 0.489 e. The Morgan fingerprint density at radius 2 is 0.554 bits per heavy atom. The molecule has 0 saturated heterocycles. The Morgan fingerprint density at radius 1 is 0.339 bits per heavy atom. The van der Waals surface area contributed by atoms with Crippen LogP contribution in [0.2, 0.25) is 0 Å². The van der Waals surface area contributed by atoms with E-state index in [4.69, 9.17) is 47.7 Å². The molecule has 0 spiro atoms. The van der Waals surface area contributed by atoms with E-state index >= 15 is 0 Å². The fraction of sp³-hybridized carbons (Fsp3) is 0.160. The Bertz CT molecular complexity index is 1990. The first-order valence-corrected chi connectivity index (χ1v) is 18.1. The monoisotopic (exact) mass is 738 g/mol. The average molecular weight is 739 g/mol. The van der Waals surface area contributed by atoms with Crippen LogP contribution < -0.4 is 28.4 Å². The molecular weight excluding hydrogens is 697 g/mol. The third-order valence-corrected chi connectivity index (χ3v) is 9.25. The SMILES string of the molecule is C#CCOc1ccc(COc2ccc(C(C)(c3ccc(OCc4ccc(OCC#C)cc4)cc3)c3ccc(OCc4ccc(OCC#C)cc4)cc3)cc2)cc1. The van der Waals surface area contributed by atoms with Crippen LogP contribution in [0.15, 0.2) is 146 Å². The van der Waals surface area contributed by atoms with Gasteiger partial charge in [0.1, 0.15) is 74.1 Å². The molecule has 0 aromatic heterocycles. The molecule has 6 nitrogen and oxygen atoms in total.